The molecule has 0 fully saturated rings. The summed E-state index contributed by atoms with van der Waals surface area (Å²) in [5, 5.41) is 2.98. The zero-order chi connectivity index (χ0) is 13.8. The summed E-state index contributed by atoms with van der Waals surface area (Å²) in [4.78, 5) is 12.9. The summed E-state index contributed by atoms with van der Waals surface area (Å²) in [5.41, 5.74) is 5.59. The molecule has 1 aromatic rings. The van der Waals surface area contributed by atoms with Crippen molar-refractivity contribution in [1.82, 2.24) is 5.32 Å². The van der Waals surface area contributed by atoms with Gasteiger partial charge in [0.15, 0.2) is 0 Å². The van der Waals surface area contributed by atoms with Crippen LogP contribution in [0.2, 0.25) is 0 Å². The lowest BCUT2D eigenvalue weighted by atomic mass is 9.91. The molecule has 1 heterocycles. The molecule has 1 amide bonds. The molecule has 0 bridgehead atoms. The fraction of sp³-hybridized carbons (Fsp3) is 0.615. The van der Waals surface area contributed by atoms with Gasteiger partial charge in [-0.2, -0.15) is 0 Å². The van der Waals surface area contributed by atoms with Crippen LogP contribution < -0.4 is 11.1 Å². The molecular weight excluding hydrogens is 312 g/mol. The number of thiophene rings is 1. The summed E-state index contributed by atoms with van der Waals surface area (Å²) in [6, 6.07) is 4.22. The quantitative estimate of drug-likeness (QED) is 0.841. The molecule has 0 aliphatic carbocycles. The smallest absolute Gasteiger partial charge is 0.220 e. The van der Waals surface area contributed by atoms with Crippen molar-refractivity contribution in [2.75, 3.05) is 6.54 Å². The molecule has 0 radical (unpaired) electrons. The maximum absolute atomic E-state index is 11.7. The van der Waals surface area contributed by atoms with Crippen LogP contribution in [0.4, 0.5) is 0 Å². The predicted octanol–water partition coefficient (Wildman–Crippen LogP) is 3.03. The maximum atomic E-state index is 11.7. The normalized spacial score (nSPS) is 13.4. The first-order valence-corrected chi connectivity index (χ1v) is 7.70. The van der Waals surface area contributed by atoms with E-state index in [1.54, 1.807) is 11.3 Å². The van der Waals surface area contributed by atoms with Gasteiger partial charge in [0.1, 0.15) is 0 Å². The van der Waals surface area contributed by atoms with Gasteiger partial charge in [0, 0.05) is 29.3 Å². The molecule has 3 nitrogen and oxygen atoms in total. The van der Waals surface area contributed by atoms with E-state index in [1.807, 2.05) is 13.0 Å². The second kappa shape index (κ2) is 6.68. The standard InChI is InChI=1S/C13H21BrN2OS/c1-9(15)4-7-12(17)16-8-13(2,3)10-5-6-11(14)18-10/h5-6,9H,4,7-8,15H2,1-3H3,(H,16,17). The lowest BCUT2D eigenvalue weighted by Crippen LogP contribution is -2.36. The summed E-state index contributed by atoms with van der Waals surface area (Å²) >= 11 is 5.17. The van der Waals surface area contributed by atoms with Crippen LogP contribution in [0, 0.1) is 0 Å². The van der Waals surface area contributed by atoms with Crippen molar-refractivity contribution in [3.05, 3.63) is 20.8 Å². The second-order valence-corrected chi connectivity index (χ2v) is 7.74. The monoisotopic (exact) mass is 332 g/mol. The summed E-state index contributed by atoms with van der Waals surface area (Å²) in [6.07, 6.45) is 1.23. The van der Waals surface area contributed by atoms with Crippen molar-refractivity contribution in [2.45, 2.75) is 45.1 Å². The van der Waals surface area contributed by atoms with Gasteiger partial charge in [0.2, 0.25) is 5.91 Å². The molecule has 102 valence electrons. The third kappa shape index (κ3) is 5.08. The van der Waals surface area contributed by atoms with Gasteiger partial charge in [-0.05, 0) is 41.4 Å². The van der Waals surface area contributed by atoms with E-state index in [-0.39, 0.29) is 17.4 Å². The van der Waals surface area contributed by atoms with Crippen molar-refractivity contribution in [1.29, 1.82) is 0 Å². The molecular formula is C13H21BrN2OS. The number of nitrogens with one attached hydrogen (secondary N) is 1. The highest BCUT2D eigenvalue weighted by Gasteiger charge is 2.23. The van der Waals surface area contributed by atoms with Gasteiger partial charge < -0.3 is 11.1 Å². The fourth-order valence-corrected chi connectivity index (χ4v) is 3.02. The first kappa shape index (κ1) is 15.7. The van der Waals surface area contributed by atoms with Crippen LogP contribution in [-0.4, -0.2) is 18.5 Å². The van der Waals surface area contributed by atoms with Gasteiger partial charge in [-0.25, -0.2) is 0 Å². The molecule has 5 heteroatoms. The molecule has 0 aromatic carbocycles. The first-order chi connectivity index (χ1) is 8.31. The summed E-state index contributed by atoms with van der Waals surface area (Å²) in [6.45, 7) is 6.84. The zero-order valence-electron chi connectivity index (χ0n) is 11.1. The van der Waals surface area contributed by atoms with E-state index in [1.165, 1.54) is 4.88 Å². The van der Waals surface area contributed by atoms with Crippen LogP contribution in [0.15, 0.2) is 15.9 Å². The number of carbonyl (C=O) groups is 1. The van der Waals surface area contributed by atoms with Crippen LogP contribution in [0.1, 0.15) is 38.5 Å². The van der Waals surface area contributed by atoms with E-state index in [2.05, 4.69) is 41.2 Å². The lowest BCUT2D eigenvalue weighted by molar-refractivity contribution is -0.121. The number of hydrogen-bond donors (Lipinski definition) is 2. The van der Waals surface area contributed by atoms with Gasteiger partial charge in [0.05, 0.1) is 3.79 Å². The first-order valence-electron chi connectivity index (χ1n) is 6.09. The molecule has 3 N–H and O–H groups in total. The van der Waals surface area contributed by atoms with Crippen molar-refractivity contribution in [2.24, 2.45) is 5.73 Å². The molecule has 0 aliphatic heterocycles. The van der Waals surface area contributed by atoms with Crippen LogP contribution in [0.5, 0.6) is 0 Å². The Balaban J connectivity index is 2.44. The minimum absolute atomic E-state index is 0.0410. The van der Waals surface area contributed by atoms with Gasteiger partial charge in [-0.3, -0.25) is 4.79 Å². The molecule has 0 aliphatic rings. The van der Waals surface area contributed by atoms with E-state index in [4.69, 9.17) is 5.73 Å². The SMILES string of the molecule is CC(N)CCC(=O)NCC(C)(C)c1ccc(Br)s1. The van der Waals surface area contributed by atoms with Gasteiger partial charge in [-0.1, -0.05) is 13.8 Å². The van der Waals surface area contributed by atoms with E-state index >= 15 is 0 Å². The molecule has 1 rings (SSSR count). The third-order valence-corrected chi connectivity index (χ3v) is 4.78. The molecule has 1 atom stereocenters. The minimum atomic E-state index is -0.0410. The number of rotatable bonds is 6. The average Bonchev–Trinajstić information content (AvgIpc) is 2.71. The second-order valence-electron chi connectivity index (χ2n) is 5.28. The Morgan fingerprint density at radius 1 is 1.56 bits per heavy atom. The molecule has 1 unspecified atom stereocenters. The van der Waals surface area contributed by atoms with Gasteiger partial charge >= 0.3 is 0 Å². The topological polar surface area (TPSA) is 55.1 Å². The van der Waals surface area contributed by atoms with Crippen LogP contribution in [0.3, 0.4) is 0 Å². The summed E-state index contributed by atoms with van der Waals surface area (Å²) < 4.78 is 1.12. The number of nitrogens with two attached hydrogens (primary N) is 1. The van der Waals surface area contributed by atoms with Crippen LogP contribution in [-0.2, 0) is 10.2 Å². The Morgan fingerprint density at radius 2 is 2.22 bits per heavy atom. The average molecular weight is 333 g/mol. The highest BCUT2D eigenvalue weighted by atomic mass is 79.9. The zero-order valence-corrected chi connectivity index (χ0v) is 13.5. The largest absolute Gasteiger partial charge is 0.355 e. The van der Waals surface area contributed by atoms with Crippen LogP contribution >= 0.6 is 27.3 Å². The minimum Gasteiger partial charge on any atom is -0.355 e. The molecule has 18 heavy (non-hydrogen) atoms. The maximum Gasteiger partial charge on any atom is 0.220 e. The van der Waals surface area contributed by atoms with Crippen molar-refractivity contribution < 1.29 is 4.79 Å². The number of hydrogen-bond acceptors (Lipinski definition) is 3. The van der Waals surface area contributed by atoms with E-state index in [0.29, 0.717) is 13.0 Å². The van der Waals surface area contributed by atoms with E-state index in [9.17, 15) is 4.79 Å². The Hall–Kier alpha value is -0.390. The van der Waals surface area contributed by atoms with Gasteiger partial charge in [-0.15, -0.1) is 11.3 Å². The van der Waals surface area contributed by atoms with Crippen molar-refractivity contribution >= 4 is 33.2 Å². The van der Waals surface area contributed by atoms with Crippen molar-refractivity contribution in [3.63, 3.8) is 0 Å². The third-order valence-electron chi connectivity index (χ3n) is 2.79. The predicted molar refractivity (Wildman–Crippen MR) is 80.9 cm³/mol. The van der Waals surface area contributed by atoms with Crippen molar-refractivity contribution in [3.8, 4) is 0 Å². The van der Waals surface area contributed by atoms with E-state index < -0.39 is 0 Å². The summed E-state index contributed by atoms with van der Waals surface area (Å²) in [5.74, 6) is 0.0796. The van der Waals surface area contributed by atoms with Gasteiger partial charge in [0.25, 0.3) is 0 Å². The highest BCUT2D eigenvalue weighted by Crippen LogP contribution is 2.32. The lowest BCUT2D eigenvalue weighted by Gasteiger charge is -2.23. The molecule has 0 saturated heterocycles. The Kier molecular flexibility index (Phi) is 5.82. The van der Waals surface area contributed by atoms with E-state index in [0.717, 1.165) is 10.2 Å². The molecule has 0 spiro atoms. The Bertz CT molecular complexity index is 401. The molecule has 1 aromatic heterocycles. The Labute approximate surface area is 121 Å². The highest BCUT2D eigenvalue weighted by molar-refractivity contribution is 9.11. The van der Waals surface area contributed by atoms with Crippen LogP contribution in [0.25, 0.3) is 0 Å². The fourth-order valence-electron chi connectivity index (χ4n) is 1.53. The number of halogens is 1. The molecule has 0 saturated carbocycles. The summed E-state index contributed by atoms with van der Waals surface area (Å²) in [7, 11) is 0. The Morgan fingerprint density at radius 3 is 2.72 bits per heavy atom. The number of amides is 1. The number of carbonyl (C=O) groups excluding carboxylic acids is 1.